The predicted octanol–water partition coefficient (Wildman–Crippen LogP) is 15.1. The Morgan fingerprint density at radius 2 is 0.783 bits per heavy atom. The van der Waals surface area contributed by atoms with Crippen molar-refractivity contribution in [1.29, 1.82) is 0 Å². The molecule has 60 heavy (non-hydrogen) atoms. The first-order valence-corrected chi connectivity index (χ1v) is 23.3. The highest BCUT2D eigenvalue weighted by Crippen LogP contribution is 2.12. The highest BCUT2D eigenvalue weighted by Gasteiger charge is 2.19. The van der Waals surface area contributed by atoms with Gasteiger partial charge in [-0.3, -0.25) is 14.4 Å². The van der Waals surface area contributed by atoms with Gasteiger partial charge in [-0.25, -0.2) is 0 Å². The molecule has 1 unspecified atom stereocenters. The molecule has 0 rings (SSSR count). The van der Waals surface area contributed by atoms with Crippen molar-refractivity contribution in [1.82, 2.24) is 0 Å². The van der Waals surface area contributed by atoms with Crippen LogP contribution >= 0.6 is 0 Å². The fraction of sp³-hybridized carbons (Fsp3) is 0.537. The first-order valence-electron chi connectivity index (χ1n) is 23.3. The van der Waals surface area contributed by atoms with Crippen molar-refractivity contribution in [3.63, 3.8) is 0 Å². The van der Waals surface area contributed by atoms with E-state index < -0.39 is 12.1 Å². The topological polar surface area (TPSA) is 78.9 Å². The largest absolute Gasteiger partial charge is 0.462 e. The van der Waals surface area contributed by atoms with Crippen LogP contribution in [0.5, 0.6) is 0 Å². The van der Waals surface area contributed by atoms with Gasteiger partial charge in [0.25, 0.3) is 0 Å². The third-order valence-corrected chi connectivity index (χ3v) is 9.07. The van der Waals surface area contributed by atoms with Crippen LogP contribution in [0.1, 0.15) is 168 Å². The van der Waals surface area contributed by atoms with Crippen LogP contribution in [-0.4, -0.2) is 37.2 Å². The molecule has 0 N–H and O–H groups in total. The van der Waals surface area contributed by atoms with Crippen molar-refractivity contribution in [2.75, 3.05) is 13.2 Å². The van der Waals surface area contributed by atoms with Crippen molar-refractivity contribution in [2.45, 2.75) is 175 Å². The van der Waals surface area contributed by atoms with Gasteiger partial charge in [0.2, 0.25) is 0 Å². The zero-order valence-electron chi connectivity index (χ0n) is 37.9. The summed E-state index contributed by atoms with van der Waals surface area (Å²) in [7, 11) is 0. The lowest BCUT2D eigenvalue weighted by Crippen LogP contribution is -2.30. The lowest BCUT2D eigenvalue weighted by Gasteiger charge is -2.18. The van der Waals surface area contributed by atoms with Crippen LogP contribution in [0.25, 0.3) is 0 Å². The highest BCUT2D eigenvalue weighted by atomic mass is 16.6. The summed E-state index contributed by atoms with van der Waals surface area (Å²) in [4.78, 5) is 37.7. The van der Waals surface area contributed by atoms with E-state index >= 15 is 0 Å². The standard InChI is InChI=1S/C54H82O6/c1-4-7-10-13-16-19-21-23-25-26-27-29-30-32-35-38-41-44-47-53(56)59-50-51(49-58-52(55)46-43-40-37-34-18-15-12-9-6-3)60-54(57)48-45-42-39-36-33-31-28-24-22-20-17-14-11-8-5-2/h8-14,16-23,25-27,29,34,40,43,51H,4-7,15,24,28,30-33,35-39,41-42,44-50H2,1-3H3/b11-8-,12-9-,13-10-,17-14-,19-16-,22-20-,23-21-,26-25-,29-27-,34-18-,43-40-. The van der Waals surface area contributed by atoms with Crippen molar-refractivity contribution < 1.29 is 28.6 Å². The van der Waals surface area contributed by atoms with E-state index in [-0.39, 0.29) is 38.0 Å². The number of unbranched alkanes of at least 4 members (excludes halogenated alkanes) is 13. The molecule has 0 aromatic carbocycles. The summed E-state index contributed by atoms with van der Waals surface area (Å²) in [6, 6.07) is 0. The molecule has 1 atom stereocenters. The molecule has 0 amide bonds. The molecule has 6 nitrogen and oxygen atoms in total. The second kappa shape index (κ2) is 47.2. The van der Waals surface area contributed by atoms with Gasteiger partial charge >= 0.3 is 17.9 Å². The maximum absolute atomic E-state index is 12.7. The third kappa shape index (κ3) is 44.6. The van der Waals surface area contributed by atoms with Gasteiger partial charge in [0, 0.05) is 12.8 Å². The summed E-state index contributed by atoms with van der Waals surface area (Å²) in [5, 5.41) is 0. The monoisotopic (exact) mass is 827 g/mol. The van der Waals surface area contributed by atoms with Gasteiger partial charge in [0.05, 0.1) is 6.42 Å². The molecule has 0 fully saturated rings. The van der Waals surface area contributed by atoms with Crippen molar-refractivity contribution in [3.05, 3.63) is 134 Å². The molecular formula is C54H82O6. The minimum atomic E-state index is -0.834. The molecule has 0 radical (unpaired) electrons. The number of allylic oxidation sites excluding steroid dienone is 21. The number of hydrogen-bond donors (Lipinski definition) is 0. The summed E-state index contributed by atoms with van der Waals surface area (Å²) < 4.78 is 16.6. The van der Waals surface area contributed by atoms with E-state index in [9.17, 15) is 14.4 Å². The van der Waals surface area contributed by atoms with Crippen LogP contribution in [-0.2, 0) is 28.6 Å². The fourth-order valence-corrected chi connectivity index (χ4v) is 5.65. The fourth-order valence-electron chi connectivity index (χ4n) is 5.65. The zero-order chi connectivity index (χ0) is 43.7. The third-order valence-electron chi connectivity index (χ3n) is 9.07. The van der Waals surface area contributed by atoms with Crippen LogP contribution in [0.3, 0.4) is 0 Å². The van der Waals surface area contributed by atoms with E-state index in [4.69, 9.17) is 14.2 Å². The molecule has 0 aliphatic heterocycles. The van der Waals surface area contributed by atoms with Crippen molar-refractivity contribution in [3.8, 4) is 0 Å². The van der Waals surface area contributed by atoms with Crippen LogP contribution in [0.2, 0.25) is 0 Å². The number of carbonyl (C=O) groups is 3. The molecule has 0 aliphatic carbocycles. The van der Waals surface area contributed by atoms with E-state index in [0.717, 1.165) is 103 Å². The molecule has 0 spiro atoms. The maximum Gasteiger partial charge on any atom is 0.309 e. The van der Waals surface area contributed by atoms with E-state index in [1.165, 1.54) is 25.7 Å². The Kier molecular flexibility index (Phi) is 43.7. The average molecular weight is 827 g/mol. The number of esters is 3. The van der Waals surface area contributed by atoms with E-state index in [1.807, 2.05) is 42.5 Å². The normalized spacial score (nSPS) is 13.3. The summed E-state index contributed by atoms with van der Waals surface area (Å²) in [5.41, 5.74) is 0. The smallest absolute Gasteiger partial charge is 0.309 e. The van der Waals surface area contributed by atoms with E-state index in [0.29, 0.717) is 6.42 Å². The summed E-state index contributed by atoms with van der Waals surface area (Å²) in [5.74, 6) is -1.11. The molecule has 334 valence electrons. The lowest BCUT2D eigenvalue weighted by molar-refractivity contribution is -0.166. The number of rotatable bonds is 39. The molecule has 0 aromatic heterocycles. The zero-order valence-corrected chi connectivity index (χ0v) is 37.9. The minimum absolute atomic E-state index is 0.121. The van der Waals surface area contributed by atoms with E-state index in [1.54, 1.807) is 6.08 Å². The second-order valence-electron chi connectivity index (χ2n) is 14.7. The van der Waals surface area contributed by atoms with Gasteiger partial charge in [-0.05, 0) is 70.6 Å². The SMILES string of the molecule is CC\C=C/C=C\C=C/CCCCCCCCCC(=O)OC(COC(=O)C/C=C\C/C=C\C/C=C\CC)COC(=O)CCCCCCC\C=C/C=C\C=C/C=C\C=C/CCC. The van der Waals surface area contributed by atoms with Crippen LogP contribution < -0.4 is 0 Å². The Hall–Kier alpha value is -4.45. The molecule has 0 saturated heterocycles. The van der Waals surface area contributed by atoms with Gasteiger partial charge in [-0.2, -0.15) is 0 Å². The molecular weight excluding hydrogens is 745 g/mol. The second-order valence-corrected chi connectivity index (χ2v) is 14.7. The van der Waals surface area contributed by atoms with Gasteiger partial charge in [0.1, 0.15) is 13.2 Å². The number of carbonyl (C=O) groups excluding carboxylic acids is 3. The summed E-state index contributed by atoms with van der Waals surface area (Å²) >= 11 is 0. The molecule has 0 saturated carbocycles. The first kappa shape index (κ1) is 55.5. The Morgan fingerprint density at radius 3 is 1.30 bits per heavy atom. The quantitative estimate of drug-likeness (QED) is 0.0202. The molecule has 0 bridgehead atoms. The van der Waals surface area contributed by atoms with Crippen LogP contribution in [0.15, 0.2) is 134 Å². The van der Waals surface area contributed by atoms with Crippen LogP contribution in [0, 0.1) is 0 Å². The number of hydrogen-bond acceptors (Lipinski definition) is 6. The first-order chi connectivity index (χ1) is 29.5. The molecule has 6 heteroatoms. The maximum atomic E-state index is 12.7. The Labute approximate surface area is 366 Å². The average Bonchev–Trinajstić information content (AvgIpc) is 3.24. The molecule has 0 aromatic rings. The number of ether oxygens (including phenoxy) is 3. The van der Waals surface area contributed by atoms with Gasteiger partial charge in [0.15, 0.2) is 6.10 Å². The Balaban J connectivity index is 4.51. The van der Waals surface area contributed by atoms with Gasteiger partial charge < -0.3 is 14.2 Å². The minimum Gasteiger partial charge on any atom is -0.462 e. The van der Waals surface area contributed by atoms with Crippen molar-refractivity contribution in [2.24, 2.45) is 0 Å². The van der Waals surface area contributed by atoms with Gasteiger partial charge in [-0.1, -0.05) is 212 Å². The van der Waals surface area contributed by atoms with Gasteiger partial charge in [-0.15, -0.1) is 0 Å². The lowest BCUT2D eigenvalue weighted by atomic mass is 10.1. The Bertz CT molecular complexity index is 1370. The Morgan fingerprint density at radius 1 is 0.383 bits per heavy atom. The summed E-state index contributed by atoms with van der Waals surface area (Å²) in [6.07, 6.45) is 66.0. The molecule has 0 heterocycles. The predicted molar refractivity (Wildman–Crippen MR) is 256 cm³/mol. The highest BCUT2D eigenvalue weighted by molar-refractivity contribution is 5.72. The van der Waals surface area contributed by atoms with Crippen molar-refractivity contribution >= 4 is 17.9 Å². The van der Waals surface area contributed by atoms with E-state index in [2.05, 4.69) is 106 Å². The molecule has 0 aliphatic rings. The summed E-state index contributed by atoms with van der Waals surface area (Å²) in [6.45, 7) is 6.13. The van der Waals surface area contributed by atoms with Crippen LogP contribution in [0.4, 0.5) is 0 Å².